The van der Waals surface area contributed by atoms with Gasteiger partial charge in [0, 0.05) is 30.2 Å². The van der Waals surface area contributed by atoms with Crippen molar-refractivity contribution in [3.63, 3.8) is 0 Å². The average Bonchev–Trinajstić information content (AvgIpc) is 2.53. The zero-order valence-corrected chi connectivity index (χ0v) is 12.2. The normalized spacial score (nSPS) is 17.2. The predicted molar refractivity (Wildman–Crippen MR) is 81.8 cm³/mol. The van der Waals surface area contributed by atoms with Crippen LogP contribution in [0.25, 0.3) is 0 Å². The van der Waals surface area contributed by atoms with Gasteiger partial charge in [0.25, 0.3) is 5.91 Å². The van der Waals surface area contributed by atoms with Crippen LogP contribution in [-0.2, 0) is 6.42 Å². The Bertz CT molecular complexity index is 655. The lowest BCUT2D eigenvalue weighted by molar-refractivity contribution is 0.0981. The van der Waals surface area contributed by atoms with Crippen LogP contribution in [0, 0.1) is 5.92 Å². The fourth-order valence-corrected chi connectivity index (χ4v) is 2.81. The molecule has 0 bridgehead atoms. The Morgan fingerprint density at radius 2 is 2.05 bits per heavy atom. The molecule has 4 heteroatoms. The summed E-state index contributed by atoms with van der Waals surface area (Å²) in [6.07, 6.45) is 4.26. The fraction of sp³-hybridized carbons (Fsp3) is 0.294. The maximum atomic E-state index is 12.7. The molecule has 1 aromatic heterocycles. The molecule has 1 aliphatic rings. The summed E-state index contributed by atoms with van der Waals surface area (Å²) in [5.74, 6) is 1.28. The van der Waals surface area contributed by atoms with E-state index in [9.17, 15) is 4.79 Å². The minimum absolute atomic E-state index is 0.0235. The molecule has 1 aliphatic heterocycles. The van der Waals surface area contributed by atoms with E-state index < -0.39 is 0 Å². The standard InChI is InChI=1S/C17H18N2O2/c1-12-9-14-10-15(21-2)3-4-16(14)19(11-12)17(20)13-5-7-18-8-6-13/h3-8,10,12H,9,11H2,1-2H3. The molecule has 1 atom stereocenters. The highest BCUT2D eigenvalue weighted by Gasteiger charge is 2.27. The monoisotopic (exact) mass is 282 g/mol. The Morgan fingerprint density at radius 1 is 1.29 bits per heavy atom. The first-order valence-electron chi connectivity index (χ1n) is 7.08. The summed E-state index contributed by atoms with van der Waals surface area (Å²) in [5.41, 5.74) is 2.81. The van der Waals surface area contributed by atoms with Crippen molar-refractivity contribution in [3.8, 4) is 5.75 Å². The number of hydrogen-bond donors (Lipinski definition) is 0. The SMILES string of the molecule is COc1ccc2c(c1)CC(C)CN2C(=O)c1ccncc1. The van der Waals surface area contributed by atoms with Gasteiger partial charge >= 0.3 is 0 Å². The molecule has 2 aromatic rings. The van der Waals surface area contributed by atoms with Gasteiger partial charge in [0.05, 0.1) is 7.11 Å². The Balaban J connectivity index is 1.99. The number of methoxy groups -OCH3 is 1. The van der Waals surface area contributed by atoms with Gasteiger partial charge in [0.2, 0.25) is 0 Å². The van der Waals surface area contributed by atoms with Crippen LogP contribution >= 0.6 is 0 Å². The predicted octanol–water partition coefficient (Wildman–Crippen LogP) is 2.93. The number of fused-ring (bicyclic) bond motifs is 1. The molecule has 0 N–H and O–H groups in total. The lowest BCUT2D eigenvalue weighted by atomic mass is 9.93. The summed E-state index contributed by atoms with van der Waals surface area (Å²) in [6.45, 7) is 2.90. The van der Waals surface area contributed by atoms with E-state index in [1.54, 1.807) is 31.6 Å². The number of benzene rings is 1. The lowest BCUT2D eigenvalue weighted by Crippen LogP contribution is -2.39. The molecular formula is C17H18N2O2. The molecule has 0 radical (unpaired) electrons. The van der Waals surface area contributed by atoms with Gasteiger partial charge in [0.15, 0.2) is 0 Å². The summed E-state index contributed by atoms with van der Waals surface area (Å²) < 4.78 is 5.28. The highest BCUT2D eigenvalue weighted by molar-refractivity contribution is 6.06. The number of carbonyl (C=O) groups is 1. The summed E-state index contributed by atoms with van der Waals surface area (Å²) >= 11 is 0. The first-order chi connectivity index (χ1) is 10.2. The van der Waals surface area contributed by atoms with Crippen LogP contribution in [0.4, 0.5) is 5.69 Å². The van der Waals surface area contributed by atoms with Gasteiger partial charge in [-0.05, 0) is 48.2 Å². The molecular weight excluding hydrogens is 264 g/mol. The number of carbonyl (C=O) groups excluding carboxylic acids is 1. The van der Waals surface area contributed by atoms with Gasteiger partial charge in [-0.25, -0.2) is 0 Å². The van der Waals surface area contributed by atoms with E-state index in [1.807, 2.05) is 23.1 Å². The van der Waals surface area contributed by atoms with Crippen molar-refractivity contribution in [2.45, 2.75) is 13.3 Å². The van der Waals surface area contributed by atoms with E-state index in [0.717, 1.165) is 30.0 Å². The number of pyridine rings is 1. The van der Waals surface area contributed by atoms with Crippen molar-refractivity contribution in [3.05, 3.63) is 53.9 Å². The Morgan fingerprint density at radius 3 is 2.76 bits per heavy atom. The van der Waals surface area contributed by atoms with Crippen LogP contribution in [0.1, 0.15) is 22.8 Å². The Hall–Kier alpha value is -2.36. The van der Waals surface area contributed by atoms with Crippen LogP contribution in [0.5, 0.6) is 5.75 Å². The van der Waals surface area contributed by atoms with Gasteiger partial charge in [-0.15, -0.1) is 0 Å². The third-order valence-electron chi connectivity index (χ3n) is 3.81. The maximum Gasteiger partial charge on any atom is 0.258 e. The van der Waals surface area contributed by atoms with E-state index in [2.05, 4.69) is 11.9 Å². The molecule has 4 nitrogen and oxygen atoms in total. The van der Waals surface area contributed by atoms with Crippen molar-refractivity contribution >= 4 is 11.6 Å². The Labute approximate surface area is 124 Å². The minimum Gasteiger partial charge on any atom is -0.497 e. The second-order valence-electron chi connectivity index (χ2n) is 5.46. The summed E-state index contributed by atoms with van der Waals surface area (Å²) in [5, 5.41) is 0. The summed E-state index contributed by atoms with van der Waals surface area (Å²) in [7, 11) is 1.66. The molecule has 0 spiro atoms. The number of aromatic nitrogens is 1. The number of anilines is 1. The smallest absolute Gasteiger partial charge is 0.258 e. The minimum atomic E-state index is 0.0235. The van der Waals surface area contributed by atoms with Crippen LogP contribution in [0.3, 0.4) is 0 Å². The molecule has 0 fully saturated rings. The molecule has 1 aromatic carbocycles. The zero-order valence-electron chi connectivity index (χ0n) is 12.2. The largest absolute Gasteiger partial charge is 0.497 e. The quantitative estimate of drug-likeness (QED) is 0.850. The number of ether oxygens (including phenoxy) is 1. The number of hydrogen-bond acceptors (Lipinski definition) is 3. The van der Waals surface area contributed by atoms with Gasteiger partial charge < -0.3 is 9.64 Å². The second-order valence-corrected chi connectivity index (χ2v) is 5.46. The first kappa shape index (κ1) is 13.6. The molecule has 2 heterocycles. The molecule has 0 saturated heterocycles. The zero-order chi connectivity index (χ0) is 14.8. The highest BCUT2D eigenvalue weighted by Crippen LogP contribution is 2.33. The molecule has 0 aliphatic carbocycles. The van der Waals surface area contributed by atoms with Crippen LogP contribution in [0.15, 0.2) is 42.7 Å². The Kier molecular flexibility index (Phi) is 3.60. The van der Waals surface area contributed by atoms with E-state index in [0.29, 0.717) is 11.5 Å². The van der Waals surface area contributed by atoms with E-state index in [-0.39, 0.29) is 5.91 Å². The molecule has 1 unspecified atom stereocenters. The van der Waals surface area contributed by atoms with Gasteiger partial charge in [-0.2, -0.15) is 0 Å². The molecule has 1 amide bonds. The molecule has 3 rings (SSSR count). The number of rotatable bonds is 2. The van der Waals surface area contributed by atoms with Crippen LogP contribution in [0.2, 0.25) is 0 Å². The van der Waals surface area contributed by atoms with Crippen molar-refractivity contribution in [1.29, 1.82) is 0 Å². The highest BCUT2D eigenvalue weighted by atomic mass is 16.5. The van der Waals surface area contributed by atoms with Crippen molar-refractivity contribution in [1.82, 2.24) is 4.98 Å². The van der Waals surface area contributed by atoms with E-state index in [1.165, 1.54) is 0 Å². The van der Waals surface area contributed by atoms with Crippen molar-refractivity contribution in [2.75, 3.05) is 18.6 Å². The first-order valence-corrected chi connectivity index (χ1v) is 7.08. The molecule has 0 saturated carbocycles. The average molecular weight is 282 g/mol. The van der Waals surface area contributed by atoms with E-state index in [4.69, 9.17) is 4.74 Å². The maximum absolute atomic E-state index is 12.7. The second kappa shape index (κ2) is 5.56. The van der Waals surface area contributed by atoms with Crippen molar-refractivity contribution < 1.29 is 9.53 Å². The van der Waals surface area contributed by atoms with Crippen LogP contribution < -0.4 is 9.64 Å². The van der Waals surface area contributed by atoms with E-state index >= 15 is 0 Å². The fourth-order valence-electron chi connectivity index (χ4n) is 2.81. The molecule has 21 heavy (non-hydrogen) atoms. The van der Waals surface area contributed by atoms with Gasteiger partial charge in [-0.1, -0.05) is 6.92 Å². The third kappa shape index (κ3) is 2.61. The lowest BCUT2D eigenvalue weighted by Gasteiger charge is -2.33. The summed E-state index contributed by atoms with van der Waals surface area (Å²) in [4.78, 5) is 18.6. The number of nitrogens with zero attached hydrogens (tertiary/aromatic N) is 2. The third-order valence-corrected chi connectivity index (χ3v) is 3.81. The molecule has 108 valence electrons. The van der Waals surface area contributed by atoms with Crippen LogP contribution in [-0.4, -0.2) is 24.5 Å². The van der Waals surface area contributed by atoms with Crippen molar-refractivity contribution in [2.24, 2.45) is 5.92 Å². The van der Waals surface area contributed by atoms with Gasteiger partial charge in [0.1, 0.15) is 5.75 Å². The number of amides is 1. The summed E-state index contributed by atoms with van der Waals surface area (Å²) in [6, 6.07) is 9.41. The van der Waals surface area contributed by atoms with Gasteiger partial charge in [-0.3, -0.25) is 9.78 Å². The topological polar surface area (TPSA) is 42.4 Å².